The number of likely N-dealkylation sites (N-methyl/N-ethyl adjacent to an activating group) is 2. The first-order chi connectivity index (χ1) is 7.36. The molecule has 16 heavy (non-hydrogen) atoms. The van der Waals surface area contributed by atoms with Crippen molar-refractivity contribution in [1.82, 2.24) is 9.80 Å². The highest BCUT2D eigenvalue weighted by Gasteiger charge is 2.35. The topological polar surface area (TPSA) is 59.1 Å². The quantitative estimate of drug-likeness (QED) is 0.622. The van der Waals surface area contributed by atoms with Gasteiger partial charge in [0, 0.05) is 42.4 Å². The fourth-order valence-electron chi connectivity index (χ4n) is 1.22. The third kappa shape index (κ3) is 3.46. The second kappa shape index (κ2) is 6.44. The lowest BCUT2D eigenvalue weighted by molar-refractivity contribution is -0.160. The van der Waals surface area contributed by atoms with Gasteiger partial charge in [0.25, 0.3) is 11.8 Å². The average Bonchev–Trinajstić information content (AvgIpc) is 2.23. The molecule has 0 aromatic carbocycles. The maximum absolute atomic E-state index is 11.8. The molecule has 6 heteroatoms. The van der Waals surface area contributed by atoms with Gasteiger partial charge in [0.15, 0.2) is 12.2 Å². The summed E-state index contributed by atoms with van der Waals surface area (Å²) < 4.78 is 10.1. The number of rotatable bonds is 5. The maximum atomic E-state index is 11.8. The number of ether oxygens (including phenoxy) is 2. The van der Waals surface area contributed by atoms with Crippen LogP contribution in [0.25, 0.3) is 0 Å². The van der Waals surface area contributed by atoms with E-state index in [1.54, 1.807) is 28.2 Å². The summed E-state index contributed by atoms with van der Waals surface area (Å²) in [5.41, 5.74) is 0. The summed E-state index contributed by atoms with van der Waals surface area (Å²) in [5, 5.41) is 0. The largest absolute Gasteiger partial charge is 0.368 e. The molecule has 94 valence electrons. The lowest BCUT2D eigenvalue weighted by Crippen LogP contribution is -2.50. The summed E-state index contributed by atoms with van der Waals surface area (Å²) >= 11 is 0. The van der Waals surface area contributed by atoms with E-state index >= 15 is 0 Å². The van der Waals surface area contributed by atoms with Crippen molar-refractivity contribution in [3.63, 3.8) is 0 Å². The molecule has 0 fully saturated rings. The van der Waals surface area contributed by atoms with Gasteiger partial charge >= 0.3 is 0 Å². The minimum Gasteiger partial charge on any atom is -0.368 e. The molecular weight excluding hydrogens is 212 g/mol. The van der Waals surface area contributed by atoms with Crippen LogP contribution < -0.4 is 0 Å². The van der Waals surface area contributed by atoms with E-state index < -0.39 is 12.2 Å². The second-order valence-corrected chi connectivity index (χ2v) is 3.78. The zero-order chi connectivity index (χ0) is 12.9. The Morgan fingerprint density at radius 1 is 0.812 bits per heavy atom. The third-order valence-corrected chi connectivity index (χ3v) is 2.15. The Morgan fingerprint density at radius 3 is 1.19 bits per heavy atom. The summed E-state index contributed by atoms with van der Waals surface area (Å²) in [6.45, 7) is 0. The van der Waals surface area contributed by atoms with E-state index in [0.29, 0.717) is 0 Å². The van der Waals surface area contributed by atoms with Crippen molar-refractivity contribution >= 4 is 11.8 Å². The summed E-state index contributed by atoms with van der Waals surface area (Å²) in [6, 6.07) is 0. The average molecular weight is 232 g/mol. The predicted molar refractivity (Wildman–Crippen MR) is 59.0 cm³/mol. The zero-order valence-electron chi connectivity index (χ0n) is 10.7. The standard InChI is InChI=1S/C10H20N2O4/c1-11(2)9(13)7(15-5)8(16-6)10(14)12(3)4/h7-8H,1-6H3/t7-,8+. The highest BCUT2D eigenvalue weighted by Crippen LogP contribution is 2.08. The van der Waals surface area contributed by atoms with Gasteiger partial charge in [0.2, 0.25) is 0 Å². The van der Waals surface area contributed by atoms with Crippen LogP contribution in [0.15, 0.2) is 0 Å². The molecule has 0 aliphatic carbocycles. The molecule has 0 aliphatic rings. The van der Waals surface area contributed by atoms with Gasteiger partial charge in [-0.05, 0) is 0 Å². The Morgan fingerprint density at radius 2 is 1.06 bits per heavy atom. The Balaban J connectivity index is 4.89. The van der Waals surface area contributed by atoms with Crippen molar-refractivity contribution in [2.45, 2.75) is 12.2 Å². The van der Waals surface area contributed by atoms with Gasteiger partial charge in [-0.25, -0.2) is 0 Å². The molecule has 0 unspecified atom stereocenters. The number of carbonyl (C=O) groups excluding carboxylic acids is 2. The van der Waals surface area contributed by atoms with Crippen LogP contribution in [0.3, 0.4) is 0 Å². The van der Waals surface area contributed by atoms with Gasteiger partial charge in [-0.3, -0.25) is 9.59 Å². The number of carbonyl (C=O) groups is 2. The van der Waals surface area contributed by atoms with Crippen molar-refractivity contribution in [2.75, 3.05) is 42.4 Å². The highest BCUT2D eigenvalue weighted by molar-refractivity contribution is 5.90. The van der Waals surface area contributed by atoms with Crippen LogP contribution >= 0.6 is 0 Å². The van der Waals surface area contributed by atoms with Gasteiger partial charge in [0.05, 0.1) is 0 Å². The molecule has 0 N–H and O–H groups in total. The molecule has 0 rings (SSSR count). The molecule has 0 aromatic heterocycles. The van der Waals surface area contributed by atoms with Crippen molar-refractivity contribution in [1.29, 1.82) is 0 Å². The molecule has 0 saturated heterocycles. The van der Waals surface area contributed by atoms with E-state index in [2.05, 4.69) is 0 Å². The molecule has 0 aromatic rings. The molecule has 0 saturated carbocycles. The van der Waals surface area contributed by atoms with Gasteiger partial charge in [0.1, 0.15) is 0 Å². The molecule has 0 heterocycles. The Bertz CT molecular complexity index is 227. The summed E-state index contributed by atoms with van der Waals surface area (Å²) in [5.74, 6) is -0.603. The molecule has 0 radical (unpaired) electrons. The van der Waals surface area contributed by atoms with E-state index in [0.717, 1.165) is 0 Å². The number of amides is 2. The van der Waals surface area contributed by atoms with Gasteiger partial charge in [-0.15, -0.1) is 0 Å². The van der Waals surface area contributed by atoms with Crippen LogP contribution in [0.2, 0.25) is 0 Å². The van der Waals surface area contributed by atoms with Gasteiger partial charge in [-0.2, -0.15) is 0 Å². The Labute approximate surface area is 96.1 Å². The first-order valence-electron chi connectivity index (χ1n) is 4.84. The summed E-state index contributed by atoms with van der Waals surface area (Å²) in [4.78, 5) is 26.2. The second-order valence-electron chi connectivity index (χ2n) is 3.78. The van der Waals surface area contributed by atoms with Gasteiger partial charge in [-0.1, -0.05) is 0 Å². The van der Waals surface area contributed by atoms with Crippen molar-refractivity contribution < 1.29 is 19.1 Å². The summed E-state index contributed by atoms with van der Waals surface area (Å²) in [7, 11) is 9.15. The van der Waals surface area contributed by atoms with Crippen LogP contribution in [-0.2, 0) is 19.1 Å². The fourth-order valence-corrected chi connectivity index (χ4v) is 1.22. The molecule has 6 nitrogen and oxygen atoms in total. The van der Waals surface area contributed by atoms with Crippen LogP contribution in [0.4, 0.5) is 0 Å². The zero-order valence-corrected chi connectivity index (χ0v) is 10.7. The number of hydrogen-bond acceptors (Lipinski definition) is 4. The first kappa shape index (κ1) is 14.9. The van der Waals surface area contributed by atoms with Crippen molar-refractivity contribution in [2.24, 2.45) is 0 Å². The van der Waals surface area contributed by atoms with E-state index in [4.69, 9.17) is 9.47 Å². The van der Waals surface area contributed by atoms with Crippen LogP contribution in [0, 0.1) is 0 Å². The first-order valence-corrected chi connectivity index (χ1v) is 4.84. The van der Waals surface area contributed by atoms with Crippen molar-refractivity contribution in [3.05, 3.63) is 0 Å². The lowest BCUT2D eigenvalue weighted by atomic mass is 10.1. The maximum Gasteiger partial charge on any atom is 0.254 e. The van der Waals surface area contributed by atoms with Crippen LogP contribution in [-0.4, -0.2) is 76.2 Å². The van der Waals surface area contributed by atoms with E-state index in [1.165, 1.54) is 24.0 Å². The molecule has 2 amide bonds. The number of nitrogens with zero attached hydrogens (tertiary/aromatic N) is 2. The smallest absolute Gasteiger partial charge is 0.254 e. The van der Waals surface area contributed by atoms with Crippen LogP contribution in [0.1, 0.15) is 0 Å². The normalized spacial score (nSPS) is 14.1. The van der Waals surface area contributed by atoms with Crippen LogP contribution in [0.5, 0.6) is 0 Å². The lowest BCUT2D eigenvalue weighted by Gasteiger charge is -2.27. The fraction of sp³-hybridized carbons (Fsp3) is 0.800. The van der Waals surface area contributed by atoms with E-state index in [9.17, 15) is 9.59 Å². The molecule has 2 atom stereocenters. The monoisotopic (exact) mass is 232 g/mol. The number of hydrogen-bond donors (Lipinski definition) is 0. The van der Waals surface area contributed by atoms with Crippen molar-refractivity contribution in [3.8, 4) is 0 Å². The third-order valence-electron chi connectivity index (χ3n) is 2.15. The van der Waals surface area contributed by atoms with Gasteiger partial charge < -0.3 is 19.3 Å². The minimum absolute atomic E-state index is 0.301. The van der Waals surface area contributed by atoms with E-state index in [1.807, 2.05) is 0 Å². The highest BCUT2D eigenvalue weighted by atomic mass is 16.5. The summed E-state index contributed by atoms with van der Waals surface area (Å²) in [6.07, 6.45) is -1.84. The molecule has 0 bridgehead atoms. The molecule has 0 spiro atoms. The molecular formula is C10H20N2O4. The SMILES string of the molecule is CO[C@H](C(=O)N(C)C)[C@@H](OC)C(=O)N(C)C. The predicted octanol–water partition coefficient (Wildman–Crippen LogP) is -0.807. The Kier molecular flexibility index (Phi) is 5.98. The Hall–Kier alpha value is -1.14. The van der Waals surface area contributed by atoms with E-state index in [-0.39, 0.29) is 11.8 Å². The molecule has 0 aliphatic heterocycles. The number of methoxy groups -OCH3 is 2. The minimum atomic E-state index is -0.921.